The van der Waals surface area contributed by atoms with E-state index in [1.807, 2.05) is 6.07 Å². The van der Waals surface area contributed by atoms with Crippen LogP contribution in [0.15, 0.2) is 42.7 Å². The molecule has 0 bridgehead atoms. The second-order valence-corrected chi connectivity index (χ2v) is 5.04. The minimum Gasteiger partial charge on any atom is -0.478 e. The van der Waals surface area contributed by atoms with E-state index in [0.29, 0.717) is 29.0 Å². The number of para-hydroxylation sites is 1. The molecule has 0 aliphatic carbocycles. The molecule has 2 aromatic heterocycles. The van der Waals surface area contributed by atoms with Crippen molar-refractivity contribution in [2.75, 3.05) is 5.32 Å². The second-order valence-electron chi connectivity index (χ2n) is 5.04. The number of aliphatic hydroxyl groups is 1. The predicted molar refractivity (Wildman–Crippen MR) is 85.3 cm³/mol. The molecule has 0 spiro atoms. The fourth-order valence-electron chi connectivity index (χ4n) is 2.38. The molecular formula is C16H16N4O3. The number of hydrogen-bond acceptors (Lipinski definition) is 5. The summed E-state index contributed by atoms with van der Waals surface area (Å²) < 4.78 is 1.63. The summed E-state index contributed by atoms with van der Waals surface area (Å²) in [5, 5.41) is 26.5. The number of aromatic nitrogens is 3. The van der Waals surface area contributed by atoms with Crippen LogP contribution >= 0.6 is 0 Å². The molecule has 118 valence electrons. The number of aliphatic hydroxyl groups excluding tert-OH is 1. The van der Waals surface area contributed by atoms with Crippen LogP contribution in [0.25, 0.3) is 16.9 Å². The SMILES string of the molecule is CCC(O)Nc1c(C(=O)O)cccc1-c1cnc2cccnn12. The van der Waals surface area contributed by atoms with Gasteiger partial charge in [-0.1, -0.05) is 19.1 Å². The van der Waals surface area contributed by atoms with Gasteiger partial charge in [-0.2, -0.15) is 5.10 Å². The van der Waals surface area contributed by atoms with E-state index < -0.39 is 12.2 Å². The zero-order valence-corrected chi connectivity index (χ0v) is 12.5. The van der Waals surface area contributed by atoms with Gasteiger partial charge in [-0.25, -0.2) is 14.3 Å². The third kappa shape index (κ3) is 2.74. The molecule has 0 saturated heterocycles. The largest absolute Gasteiger partial charge is 0.478 e. The van der Waals surface area contributed by atoms with Crippen molar-refractivity contribution < 1.29 is 15.0 Å². The molecule has 0 fully saturated rings. The van der Waals surface area contributed by atoms with Crippen LogP contribution in [-0.4, -0.2) is 37.0 Å². The van der Waals surface area contributed by atoms with Gasteiger partial charge in [-0.05, 0) is 24.6 Å². The number of rotatable bonds is 5. The van der Waals surface area contributed by atoms with Gasteiger partial charge in [0.05, 0.1) is 23.1 Å². The number of fused-ring (bicyclic) bond motifs is 1. The zero-order chi connectivity index (χ0) is 16.4. The first-order chi connectivity index (χ1) is 11.1. The van der Waals surface area contributed by atoms with Crippen molar-refractivity contribution in [2.45, 2.75) is 19.6 Å². The predicted octanol–water partition coefficient (Wildman–Crippen LogP) is 2.23. The zero-order valence-electron chi connectivity index (χ0n) is 12.5. The number of hydrogen-bond donors (Lipinski definition) is 3. The Morgan fingerprint density at radius 1 is 1.35 bits per heavy atom. The van der Waals surface area contributed by atoms with Gasteiger partial charge >= 0.3 is 5.97 Å². The smallest absolute Gasteiger partial charge is 0.337 e. The van der Waals surface area contributed by atoms with E-state index in [9.17, 15) is 15.0 Å². The summed E-state index contributed by atoms with van der Waals surface area (Å²) in [7, 11) is 0. The quantitative estimate of drug-likeness (QED) is 0.625. The van der Waals surface area contributed by atoms with E-state index in [4.69, 9.17) is 0 Å². The van der Waals surface area contributed by atoms with Gasteiger partial charge in [0.2, 0.25) is 0 Å². The van der Waals surface area contributed by atoms with Crippen molar-refractivity contribution >= 4 is 17.3 Å². The number of nitrogens with one attached hydrogen (secondary N) is 1. The highest BCUT2D eigenvalue weighted by atomic mass is 16.4. The molecule has 3 N–H and O–H groups in total. The highest BCUT2D eigenvalue weighted by Gasteiger charge is 2.19. The van der Waals surface area contributed by atoms with E-state index in [-0.39, 0.29) is 5.56 Å². The summed E-state index contributed by atoms with van der Waals surface area (Å²) in [5.41, 5.74) is 2.35. The van der Waals surface area contributed by atoms with E-state index in [0.717, 1.165) is 0 Å². The normalized spacial score (nSPS) is 12.3. The van der Waals surface area contributed by atoms with Gasteiger partial charge in [-0.15, -0.1) is 0 Å². The van der Waals surface area contributed by atoms with Crippen molar-refractivity contribution in [3.05, 3.63) is 48.3 Å². The maximum atomic E-state index is 11.5. The number of carboxylic acid groups (broad SMARTS) is 1. The molecule has 3 aromatic rings. The van der Waals surface area contributed by atoms with Gasteiger partial charge in [-0.3, -0.25) is 0 Å². The van der Waals surface area contributed by atoms with Crippen molar-refractivity contribution in [3.63, 3.8) is 0 Å². The van der Waals surface area contributed by atoms with Crippen LogP contribution in [0.3, 0.4) is 0 Å². The van der Waals surface area contributed by atoms with Gasteiger partial charge < -0.3 is 15.5 Å². The third-order valence-electron chi connectivity index (χ3n) is 3.55. The lowest BCUT2D eigenvalue weighted by Gasteiger charge is -2.17. The van der Waals surface area contributed by atoms with Gasteiger partial charge in [0, 0.05) is 11.8 Å². The van der Waals surface area contributed by atoms with Crippen LogP contribution in [-0.2, 0) is 0 Å². The molecule has 23 heavy (non-hydrogen) atoms. The summed E-state index contributed by atoms with van der Waals surface area (Å²) in [6, 6.07) is 8.51. The Morgan fingerprint density at radius 3 is 2.91 bits per heavy atom. The molecular weight excluding hydrogens is 296 g/mol. The first kappa shape index (κ1) is 15.0. The molecule has 7 heteroatoms. The van der Waals surface area contributed by atoms with Crippen LogP contribution in [0.2, 0.25) is 0 Å². The first-order valence-corrected chi connectivity index (χ1v) is 7.22. The lowest BCUT2D eigenvalue weighted by molar-refractivity contribution is 0.0697. The monoisotopic (exact) mass is 312 g/mol. The van der Waals surface area contributed by atoms with Crippen LogP contribution in [0, 0.1) is 0 Å². The molecule has 7 nitrogen and oxygen atoms in total. The van der Waals surface area contributed by atoms with Crippen LogP contribution in [0.4, 0.5) is 5.69 Å². The molecule has 0 aliphatic rings. The number of benzene rings is 1. The molecule has 0 saturated carbocycles. The van der Waals surface area contributed by atoms with E-state index >= 15 is 0 Å². The Hall–Kier alpha value is -2.93. The number of nitrogens with zero attached hydrogens (tertiary/aromatic N) is 3. The minimum absolute atomic E-state index is 0.0841. The van der Waals surface area contributed by atoms with Crippen molar-refractivity contribution in [1.82, 2.24) is 14.6 Å². The molecule has 0 radical (unpaired) electrons. The van der Waals surface area contributed by atoms with E-state index in [1.54, 1.807) is 42.0 Å². The van der Waals surface area contributed by atoms with Gasteiger partial charge in [0.25, 0.3) is 0 Å². The fourth-order valence-corrected chi connectivity index (χ4v) is 2.38. The highest BCUT2D eigenvalue weighted by molar-refractivity contribution is 5.99. The lowest BCUT2D eigenvalue weighted by Crippen LogP contribution is -2.20. The van der Waals surface area contributed by atoms with E-state index in [1.165, 1.54) is 6.07 Å². The number of imidazole rings is 1. The molecule has 0 aliphatic heterocycles. The maximum absolute atomic E-state index is 11.5. The highest BCUT2D eigenvalue weighted by Crippen LogP contribution is 2.32. The third-order valence-corrected chi connectivity index (χ3v) is 3.55. The average Bonchev–Trinajstić information content (AvgIpc) is 2.98. The standard InChI is InChI=1S/C16H16N4O3/c1-2-14(21)19-15-10(5-3-6-11(15)16(22)23)12-9-17-13-7-4-8-18-20(12)13/h3-9,14,19,21H,2H2,1H3,(H,22,23). The molecule has 1 aromatic carbocycles. The Labute approximate surface area is 132 Å². The Bertz CT molecular complexity index is 859. The minimum atomic E-state index is -1.07. The van der Waals surface area contributed by atoms with Crippen molar-refractivity contribution in [1.29, 1.82) is 0 Å². The van der Waals surface area contributed by atoms with Crippen molar-refractivity contribution in [3.8, 4) is 11.3 Å². The van der Waals surface area contributed by atoms with Crippen molar-refractivity contribution in [2.24, 2.45) is 0 Å². The molecule has 2 heterocycles. The fraction of sp³-hybridized carbons (Fsp3) is 0.188. The molecule has 1 atom stereocenters. The molecule has 0 amide bonds. The average molecular weight is 312 g/mol. The summed E-state index contributed by atoms with van der Waals surface area (Å²) in [6.07, 6.45) is 2.86. The second kappa shape index (κ2) is 6.05. The molecule has 1 unspecified atom stereocenters. The number of aromatic carboxylic acids is 1. The Kier molecular flexibility index (Phi) is 3.94. The topological polar surface area (TPSA) is 99.8 Å². The number of carbonyl (C=O) groups is 1. The number of anilines is 1. The maximum Gasteiger partial charge on any atom is 0.337 e. The number of carboxylic acids is 1. The Morgan fingerprint density at radius 2 is 2.17 bits per heavy atom. The first-order valence-electron chi connectivity index (χ1n) is 7.22. The molecule has 3 rings (SSSR count). The summed E-state index contributed by atoms with van der Waals surface area (Å²) in [4.78, 5) is 15.8. The summed E-state index contributed by atoms with van der Waals surface area (Å²) >= 11 is 0. The lowest BCUT2D eigenvalue weighted by atomic mass is 10.0. The van der Waals surface area contributed by atoms with Crippen LogP contribution < -0.4 is 5.32 Å². The summed E-state index contributed by atoms with van der Waals surface area (Å²) in [5.74, 6) is -1.07. The van der Waals surface area contributed by atoms with Gasteiger partial charge in [0.15, 0.2) is 5.65 Å². The van der Waals surface area contributed by atoms with E-state index in [2.05, 4.69) is 15.4 Å². The van der Waals surface area contributed by atoms with Crippen LogP contribution in [0.1, 0.15) is 23.7 Å². The van der Waals surface area contributed by atoms with Gasteiger partial charge in [0.1, 0.15) is 6.23 Å². The Balaban J connectivity index is 2.22. The van der Waals surface area contributed by atoms with Crippen LogP contribution in [0.5, 0.6) is 0 Å². The summed E-state index contributed by atoms with van der Waals surface area (Å²) in [6.45, 7) is 1.80.